The molecule has 110 valence electrons. The van der Waals surface area contributed by atoms with Crippen LogP contribution in [0, 0.1) is 0 Å². The first kappa shape index (κ1) is 15.3. The Hall–Kier alpha value is -1.12. The highest BCUT2D eigenvalue weighted by molar-refractivity contribution is 5.63. The molecule has 1 N–H and O–H groups in total. The second kappa shape index (κ2) is 7.61. The summed E-state index contributed by atoms with van der Waals surface area (Å²) in [4.78, 5) is 2.54. The van der Waals surface area contributed by atoms with Gasteiger partial charge in [0.15, 0.2) is 0 Å². The number of nitrogens with one attached hydrogen (secondary N) is 1. The van der Waals surface area contributed by atoms with Gasteiger partial charge in [-0.25, -0.2) is 0 Å². The summed E-state index contributed by atoms with van der Waals surface area (Å²) in [7, 11) is 0. The summed E-state index contributed by atoms with van der Waals surface area (Å²) in [5.41, 5.74) is 4.17. The highest BCUT2D eigenvalue weighted by Crippen LogP contribution is 2.19. The van der Waals surface area contributed by atoms with Crippen molar-refractivity contribution in [3.8, 4) is 0 Å². The lowest BCUT2D eigenvalue weighted by Crippen LogP contribution is -2.43. The molecule has 1 fully saturated rings. The van der Waals surface area contributed by atoms with Crippen LogP contribution in [0.2, 0.25) is 0 Å². The van der Waals surface area contributed by atoms with Crippen molar-refractivity contribution >= 4 is 5.57 Å². The van der Waals surface area contributed by atoms with E-state index in [1.165, 1.54) is 36.3 Å². The van der Waals surface area contributed by atoms with Gasteiger partial charge < -0.3 is 10.2 Å². The van der Waals surface area contributed by atoms with Gasteiger partial charge in [-0.15, -0.1) is 0 Å². The first-order chi connectivity index (χ1) is 9.66. The third-order valence-corrected chi connectivity index (χ3v) is 4.14. The molecule has 1 saturated heterocycles. The zero-order chi connectivity index (χ0) is 14.4. The quantitative estimate of drug-likeness (QED) is 0.882. The maximum atomic E-state index is 3.40. The molecule has 2 rings (SSSR count). The molecule has 2 heteroatoms. The van der Waals surface area contributed by atoms with Crippen LogP contribution >= 0.6 is 0 Å². The lowest BCUT2D eigenvalue weighted by atomic mass is 9.99. The Labute approximate surface area is 123 Å². The van der Waals surface area contributed by atoms with Crippen molar-refractivity contribution in [2.75, 3.05) is 32.7 Å². The van der Waals surface area contributed by atoms with Crippen molar-refractivity contribution in [1.82, 2.24) is 10.2 Å². The van der Waals surface area contributed by atoms with E-state index in [1.807, 2.05) is 0 Å². The molecule has 0 aromatic heterocycles. The summed E-state index contributed by atoms with van der Waals surface area (Å²) in [6, 6.07) is 9.03. The predicted molar refractivity (Wildman–Crippen MR) is 88.1 cm³/mol. The first-order valence-corrected chi connectivity index (χ1v) is 7.87. The van der Waals surface area contributed by atoms with Gasteiger partial charge in [-0.05, 0) is 36.0 Å². The Morgan fingerprint density at radius 2 is 1.85 bits per heavy atom. The number of rotatable bonds is 5. The summed E-state index contributed by atoms with van der Waals surface area (Å²) >= 11 is 0. The molecule has 0 spiro atoms. The van der Waals surface area contributed by atoms with E-state index in [-0.39, 0.29) is 0 Å². The molecule has 20 heavy (non-hydrogen) atoms. The SMILES string of the molecule is C/C(=C\CCN1CCNCC1)c1ccc(C(C)C)cc1. The summed E-state index contributed by atoms with van der Waals surface area (Å²) in [5.74, 6) is 0.612. The van der Waals surface area contributed by atoms with Gasteiger partial charge in [0.2, 0.25) is 0 Å². The molecular formula is C18H28N2. The minimum absolute atomic E-state index is 0.612. The van der Waals surface area contributed by atoms with Crippen LogP contribution in [0.15, 0.2) is 30.3 Å². The highest BCUT2D eigenvalue weighted by atomic mass is 15.2. The molecule has 0 bridgehead atoms. The molecule has 1 aromatic rings. The van der Waals surface area contributed by atoms with Crippen LogP contribution in [0.3, 0.4) is 0 Å². The Morgan fingerprint density at radius 3 is 2.45 bits per heavy atom. The average Bonchev–Trinajstić information content (AvgIpc) is 2.48. The van der Waals surface area contributed by atoms with E-state index in [0.717, 1.165) is 19.5 Å². The normalized spacial score (nSPS) is 17.7. The Balaban J connectivity index is 1.85. The lowest BCUT2D eigenvalue weighted by Gasteiger charge is -2.26. The molecule has 0 radical (unpaired) electrons. The minimum atomic E-state index is 0.612. The number of hydrogen-bond acceptors (Lipinski definition) is 2. The number of benzene rings is 1. The first-order valence-electron chi connectivity index (χ1n) is 7.87. The van der Waals surface area contributed by atoms with Gasteiger partial charge >= 0.3 is 0 Å². The molecule has 1 aliphatic rings. The van der Waals surface area contributed by atoms with Crippen LogP contribution in [0.1, 0.15) is 44.2 Å². The number of hydrogen-bond donors (Lipinski definition) is 1. The largest absolute Gasteiger partial charge is 0.314 e. The molecular weight excluding hydrogens is 244 g/mol. The standard InChI is InChI=1S/C18H28N2/c1-15(2)17-6-8-18(9-7-17)16(3)5-4-12-20-13-10-19-11-14-20/h5-9,15,19H,4,10-14H2,1-3H3/b16-5+. The van der Waals surface area contributed by atoms with Gasteiger partial charge in [0, 0.05) is 32.7 Å². The zero-order valence-electron chi connectivity index (χ0n) is 13.2. The molecule has 0 aliphatic carbocycles. The zero-order valence-corrected chi connectivity index (χ0v) is 13.2. The number of nitrogens with zero attached hydrogens (tertiary/aromatic N) is 1. The van der Waals surface area contributed by atoms with Crippen LogP contribution in [-0.2, 0) is 0 Å². The Morgan fingerprint density at radius 1 is 1.20 bits per heavy atom. The second-order valence-corrected chi connectivity index (χ2v) is 6.04. The smallest absolute Gasteiger partial charge is 0.0107 e. The van der Waals surface area contributed by atoms with Crippen molar-refractivity contribution in [2.24, 2.45) is 0 Å². The van der Waals surface area contributed by atoms with E-state index in [2.05, 4.69) is 61.3 Å². The van der Waals surface area contributed by atoms with E-state index in [0.29, 0.717) is 5.92 Å². The van der Waals surface area contributed by atoms with Gasteiger partial charge in [0.25, 0.3) is 0 Å². The van der Waals surface area contributed by atoms with Gasteiger partial charge in [0.05, 0.1) is 0 Å². The molecule has 0 saturated carbocycles. The van der Waals surface area contributed by atoms with Gasteiger partial charge in [0.1, 0.15) is 0 Å². The van der Waals surface area contributed by atoms with Crippen molar-refractivity contribution in [2.45, 2.75) is 33.1 Å². The topological polar surface area (TPSA) is 15.3 Å². The number of allylic oxidation sites excluding steroid dienone is 1. The average molecular weight is 272 g/mol. The van der Waals surface area contributed by atoms with Crippen molar-refractivity contribution in [3.63, 3.8) is 0 Å². The van der Waals surface area contributed by atoms with Gasteiger partial charge in [-0.2, -0.15) is 0 Å². The van der Waals surface area contributed by atoms with Crippen molar-refractivity contribution < 1.29 is 0 Å². The van der Waals surface area contributed by atoms with Crippen LogP contribution in [0.4, 0.5) is 0 Å². The number of piperazine rings is 1. The minimum Gasteiger partial charge on any atom is -0.314 e. The van der Waals surface area contributed by atoms with Crippen LogP contribution in [0.5, 0.6) is 0 Å². The van der Waals surface area contributed by atoms with Crippen molar-refractivity contribution in [3.05, 3.63) is 41.5 Å². The third-order valence-electron chi connectivity index (χ3n) is 4.14. The van der Waals surface area contributed by atoms with E-state index in [4.69, 9.17) is 0 Å². The second-order valence-electron chi connectivity index (χ2n) is 6.04. The van der Waals surface area contributed by atoms with Gasteiger partial charge in [-0.3, -0.25) is 0 Å². The summed E-state index contributed by atoms with van der Waals surface area (Å²) in [6.07, 6.45) is 3.53. The van der Waals surface area contributed by atoms with Crippen LogP contribution in [0.25, 0.3) is 5.57 Å². The fourth-order valence-electron chi connectivity index (χ4n) is 2.65. The fourth-order valence-corrected chi connectivity index (χ4v) is 2.65. The van der Waals surface area contributed by atoms with E-state index >= 15 is 0 Å². The highest BCUT2D eigenvalue weighted by Gasteiger charge is 2.07. The van der Waals surface area contributed by atoms with Gasteiger partial charge in [-0.1, -0.05) is 44.2 Å². The molecule has 1 aromatic carbocycles. The maximum absolute atomic E-state index is 3.40. The molecule has 0 unspecified atom stereocenters. The van der Waals surface area contributed by atoms with E-state index < -0.39 is 0 Å². The van der Waals surface area contributed by atoms with Crippen LogP contribution in [-0.4, -0.2) is 37.6 Å². The molecule has 0 atom stereocenters. The van der Waals surface area contributed by atoms with Crippen LogP contribution < -0.4 is 5.32 Å². The Bertz CT molecular complexity index is 425. The predicted octanol–water partition coefficient (Wildman–Crippen LogP) is 3.51. The monoisotopic (exact) mass is 272 g/mol. The fraction of sp³-hybridized carbons (Fsp3) is 0.556. The molecule has 1 aliphatic heterocycles. The summed E-state index contributed by atoms with van der Waals surface area (Å²) in [6.45, 7) is 12.5. The molecule has 1 heterocycles. The lowest BCUT2D eigenvalue weighted by molar-refractivity contribution is 0.245. The summed E-state index contributed by atoms with van der Waals surface area (Å²) < 4.78 is 0. The molecule has 0 amide bonds. The molecule has 2 nitrogen and oxygen atoms in total. The summed E-state index contributed by atoms with van der Waals surface area (Å²) in [5, 5.41) is 3.40. The van der Waals surface area contributed by atoms with E-state index in [1.54, 1.807) is 0 Å². The third kappa shape index (κ3) is 4.46. The van der Waals surface area contributed by atoms with E-state index in [9.17, 15) is 0 Å². The maximum Gasteiger partial charge on any atom is 0.0107 e. The van der Waals surface area contributed by atoms with Crippen molar-refractivity contribution in [1.29, 1.82) is 0 Å². The Kier molecular flexibility index (Phi) is 5.81.